The minimum atomic E-state index is 0.0388. The van der Waals surface area contributed by atoms with Gasteiger partial charge in [-0.1, -0.05) is 13.8 Å². The number of piperidine rings is 1. The first-order valence-electron chi connectivity index (χ1n) is 5.41. The van der Waals surface area contributed by atoms with E-state index in [1.807, 2.05) is 0 Å². The van der Waals surface area contributed by atoms with Crippen molar-refractivity contribution >= 4 is 5.91 Å². The zero-order valence-electron chi connectivity index (χ0n) is 8.68. The Labute approximate surface area is 80.3 Å². The predicted octanol–water partition coefficient (Wildman–Crippen LogP) is 2.04. The summed E-state index contributed by atoms with van der Waals surface area (Å²) in [5.74, 6) is 1.12. The molecular formula is C11H19NO. The maximum Gasteiger partial charge on any atom is 0.228 e. The van der Waals surface area contributed by atoms with Crippen LogP contribution >= 0.6 is 0 Å². The van der Waals surface area contributed by atoms with Gasteiger partial charge in [0.25, 0.3) is 0 Å². The average Bonchev–Trinajstić information content (AvgIpc) is 2.84. The van der Waals surface area contributed by atoms with Gasteiger partial charge in [0.1, 0.15) is 0 Å². The molecule has 1 aliphatic carbocycles. The van der Waals surface area contributed by atoms with Gasteiger partial charge in [0, 0.05) is 18.5 Å². The number of hydrogen-bond acceptors (Lipinski definition) is 1. The molecular weight excluding hydrogens is 162 g/mol. The van der Waals surface area contributed by atoms with Crippen LogP contribution in [0.4, 0.5) is 0 Å². The lowest BCUT2D eigenvalue weighted by molar-refractivity contribution is -0.138. The summed E-state index contributed by atoms with van der Waals surface area (Å²) in [6.45, 7) is 6.34. The van der Waals surface area contributed by atoms with Gasteiger partial charge < -0.3 is 4.90 Å². The Kier molecular flexibility index (Phi) is 2.09. The zero-order valence-corrected chi connectivity index (χ0v) is 8.68. The van der Waals surface area contributed by atoms with E-state index in [-0.39, 0.29) is 5.41 Å². The Morgan fingerprint density at radius 2 is 2.15 bits per heavy atom. The molecule has 2 fully saturated rings. The normalized spacial score (nSPS) is 31.5. The highest BCUT2D eigenvalue weighted by molar-refractivity contribution is 5.84. The lowest BCUT2D eigenvalue weighted by Gasteiger charge is -2.32. The lowest BCUT2D eigenvalue weighted by Crippen LogP contribution is -2.42. The summed E-state index contributed by atoms with van der Waals surface area (Å²) >= 11 is 0. The second kappa shape index (κ2) is 3.00. The summed E-state index contributed by atoms with van der Waals surface area (Å²) in [4.78, 5) is 14.0. The maximum atomic E-state index is 12.0. The molecule has 0 radical (unpaired) electrons. The number of carbonyl (C=O) groups is 1. The van der Waals surface area contributed by atoms with E-state index >= 15 is 0 Å². The molecule has 1 aliphatic heterocycles. The van der Waals surface area contributed by atoms with Crippen molar-refractivity contribution in [2.75, 3.05) is 13.1 Å². The minimum Gasteiger partial charge on any atom is -0.342 e. The summed E-state index contributed by atoms with van der Waals surface area (Å²) in [6.07, 6.45) is 4.71. The van der Waals surface area contributed by atoms with Crippen molar-refractivity contribution < 1.29 is 4.79 Å². The van der Waals surface area contributed by atoms with Crippen LogP contribution in [-0.2, 0) is 4.79 Å². The van der Waals surface area contributed by atoms with Crippen LogP contribution < -0.4 is 0 Å². The summed E-state index contributed by atoms with van der Waals surface area (Å²) in [7, 11) is 0. The van der Waals surface area contributed by atoms with Gasteiger partial charge in [-0.3, -0.25) is 4.79 Å². The standard InChI is InChI=1S/C11H19NO/c1-9-4-3-7-12(8-9)10(13)11(2)5-6-11/h9H,3-8H2,1-2H3/t9-/m1/s1. The average molecular weight is 181 g/mol. The van der Waals surface area contributed by atoms with Crippen molar-refractivity contribution in [1.29, 1.82) is 0 Å². The quantitative estimate of drug-likeness (QED) is 0.606. The van der Waals surface area contributed by atoms with Crippen LogP contribution in [-0.4, -0.2) is 23.9 Å². The van der Waals surface area contributed by atoms with Crippen LogP contribution in [0.1, 0.15) is 39.5 Å². The van der Waals surface area contributed by atoms with Gasteiger partial charge in [0.05, 0.1) is 0 Å². The van der Waals surface area contributed by atoms with Crippen molar-refractivity contribution in [3.8, 4) is 0 Å². The van der Waals surface area contributed by atoms with Crippen LogP contribution in [0.3, 0.4) is 0 Å². The third kappa shape index (κ3) is 1.72. The van der Waals surface area contributed by atoms with E-state index in [9.17, 15) is 4.79 Å². The van der Waals surface area contributed by atoms with E-state index in [2.05, 4.69) is 18.7 Å². The van der Waals surface area contributed by atoms with Gasteiger partial charge in [0.2, 0.25) is 5.91 Å². The Morgan fingerprint density at radius 1 is 1.46 bits per heavy atom. The second-order valence-electron chi connectivity index (χ2n) is 5.06. The Morgan fingerprint density at radius 3 is 2.69 bits per heavy atom. The van der Waals surface area contributed by atoms with Gasteiger partial charge in [-0.25, -0.2) is 0 Å². The van der Waals surface area contributed by atoms with E-state index < -0.39 is 0 Å². The fraction of sp³-hybridized carbons (Fsp3) is 0.909. The van der Waals surface area contributed by atoms with Crippen LogP contribution in [0.2, 0.25) is 0 Å². The van der Waals surface area contributed by atoms with Crippen molar-refractivity contribution in [2.24, 2.45) is 11.3 Å². The molecule has 1 heterocycles. The molecule has 0 spiro atoms. The van der Waals surface area contributed by atoms with Crippen molar-refractivity contribution in [3.63, 3.8) is 0 Å². The Bertz CT molecular complexity index is 220. The highest BCUT2D eigenvalue weighted by Crippen LogP contribution is 2.46. The third-order valence-corrected chi connectivity index (χ3v) is 3.46. The molecule has 1 saturated carbocycles. The smallest absolute Gasteiger partial charge is 0.228 e. The van der Waals surface area contributed by atoms with E-state index in [1.165, 1.54) is 12.8 Å². The summed E-state index contributed by atoms with van der Waals surface area (Å²) in [5.41, 5.74) is 0.0388. The molecule has 13 heavy (non-hydrogen) atoms. The highest BCUT2D eigenvalue weighted by atomic mass is 16.2. The molecule has 0 aromatic heterocycles. The third-order valence-electron chi connectivity index (χ3n) is 3.46. The molecule has 0 aromatic rings. The molecule has 1 amide bonds. The fourth-order valence-corrected chi connectivity index (χ4v) is 2.16. The molecule has 2 aliphatic rings. The molecule has 74 valence electrons. The number of amides is 1. The first-order chi connectivity index (χ1) is 6.12. The molecule has 0 bridgehead atoms. The van der Waals surface area contributed by atoms with Gasteiger partial charge >= 0.3 is 0 Å². The van der Waals surface area contributed by atoms with Crippen LogP contribution in [0, 0.1) is 11.3 Å². The molecule has 0 aromatic carbocycles. The fourth-order valence-electron chi connectivity index (χ4n) is 2.16. The van der Waals surface area contributed by atoms with Crippen LogP contribution in [0.5, 0.6) is 0 Å². The van der Waals surface area contributed by atoms with Gasteiger partial charge in [-0.2, -0.15) is 0 Å². The summed E-state index contributed by atoms with van der Waals surface area (Å²) in [6, 6.07) is 0. The van der Waals surface area contributed by atoms with Crippen LogP contribution in [0.25, 0.3) is 0 Å². The largest absolute Gasteiger partial charge is 0.342 e. The van der Waals surface area contributed by atoms with Gasteiger partial charge in [-0.05, 0) is 31.6 Å². The zero-order chi connectivity index (χ0) is 9.47. The molecule has 2 rings (SSSR count). The van der Waals surface area contributed by atoms with Crippen molar-refractivity contribution in [1.82, 2.24) is 4.90 Å². The van der Waals surface area contributed by atoms with E-state index in [4.69, 9.17) is 0 Å². The summed E-state index contributed by atoms with van der Waals surface area (Å²) in [5, 5.41) is 0. The van der Waals surface area contributed by atoms with Gasteiger partial charge in [0.15, 0.2) is 0 Å². The topological polar surface area (TPSA) is 20.3 Å². The monoisotopic (exact) mass is 181 g/mol. The molecule has 2 heteroatoms. The maximum absolute atomic E-state index is 12.0. The van der Waals surface area contributed by atoms with Gasteiger partial charge in [-0.15, -0.1) is 0 Å². The first kappa shape index (κ1) is 9.04. The first-order valence-corrected chi connectivity index (χ1v) is 5.41. The minimum absolute atomic E-state index is 0.0388. The molecule has 0 N–H and O–H groups in total. The molecule has 1 atom stereocenters. The number of carbonyl (C=O) groups excluding carboxylic acids is 1. The highest BCUT2D eigenvalue weighted by Gasteiger charge is 2.47. The SMILES string of the molecule is C[C@@H]1CCCN(C(=O)C2(C)CC2)C1. The van der Waals surface area contributed by atoms with E-state index in [0.717, 1.165) is 25.9 Å². The molecule has 2 nitrogen and oxygen atoms in total. The number of hydrogen-bond donors (Lipinski definition) is 0. The predicted molar refractivity (Wildman–Crippen MR) is 52.3 cm³/mol. The molecule has 0 unspecified atom stereocenters. The number of rotatable bonds is 1. The van der Waals surface area contributed by atoms with E-state index in [1.54, 1.807) is 0 Å². The second-order valence-corrected chi connectivity index (χ2v) is 5.06. The van der Waals surface area contributed by atoms with E-state index in [0.29, 0.717) is 11.8 Å². The van der Waals surface area contributed by atoms with Crippen molar-refractivity contribution in [3.05, 3.63) is 0 Å². The number of likely N-dealkylation sites (tertiary alicyclic amines) is 1. The van der Waals surface area contributed by atoms with Crippen molar-refractivity contribution in [2.45, 2.75) is 39.5 Å². The Hall–Kier alpha value is -0.530. The van der Waals surface area contributed by atoms with Crippen LogP contribution in [0.15, 0.2) is 0 Å². The molecule has 1 saturated heterocycles. The lowest BCUT2D eigenvalue weighted by atomic mass is 9.98. The Balaban J connectivity index is 1.96. The summed E-state index contributed by atoms with van der Waals surface area (Å²) < 4.78 is 0. The number of nitrogens with zero attached hydrogens (tertiary/aromatic N) is 1.